The van der Waals surface area contributed by atoms with Gasteiger partial charge in [-0.15, -0.1) is 10.2 Å². The molecular weight excluding hydrogens is 180 g/mol. The molecule has 1 aliphatic carbocycles. The third kappa shape index (κ3) is 2.10. The van der Waals surface area contributed by atoms with Gasteiger partial charge in [-0.1, -0.05) is 19.3 Å². The van der Waals surface area contributed by atoms with Gasteiger partial charge in [-0.25, -0.2) is 4.68 Å². The average Bonchev–Trinajstić information content (AvgIpc) is 2.72. The molecule has 5 heteroatoms. The molecule has 0 spiro atoms. The Bertz CT molecular complexity index is 290. The molecule has 0 aliphatic heterocycles. The fourth-order valence-electron chi connectivity index (χ4n) is 1.84. The van der Waals surface area contributed by atoms with Crippen molar-refractivity contribution in [1.82, 2.24) is 14.9 Å². The number of rotatable bonds is 2. The van der Waals surface area contributed by atoms with Crippen molar-refractivity contribution in [2.45, 2.75) is 32.1 Å². The number of carbonyl (C=O) groups excluding carboxylic acids is 1. The van der Waals surface area contributed by atoms with Crippen LogP contribution in [0, 0.1) is 5.92 Å². The quantitative estimate of drug-likeness (QED) is 0.761. The van der Waals surface area contributed by atoms with E-state index in [2.05, 4.69) is 15.6 Å². The number of hydrogen-bond acceptors (Lipinski definition) is 3. The van der Waals surface area contributed by atoms with Crippen LogP contribution in [0.1, 0.15) is 32.1 Å². The highest BCUT2D eigenvalue weighted by molar-refractivity contribution is 5.85. The molecule has 0 aromatic carbocycles. The zero-order valence-electron chi connectivity index (χ0n) is 8.02. The standard InChI is InChI=1S/C9H14N4O/c14-9(8-4-2-1-3-5-8)12-13-6-10-11-7-13/h6-8H,1-5H2,(H,12,14). The van der Waals surface area contributed by atoms with Crippen LogP contribution in [0.4, 0.5) is 0 Å². The minimum atomic E-state index is 0.0875. The van der Waals surface area contributed by atoms with E-state index in [0.717, 1.165) is 12.8 Å². The van der Waals surface area contributed by atoms with Crippen molar-refractivity contribution in [2.24, 2.45) is 5.92 Å². The van der Waals surface area contributed by atoms with E-state index in [4.69, 9.17) is 0 Å². The summed E-state index contributed by atoms with van der Waals surface area (Å²) in [5.74, 6) is 0.260. The Morgan fingerprint density at radius 1 is 1.21 bits per heavy atom. The average molecular weight is 194 g/mol. The third-order valence-corrected chi connectivity index (χ3v) is 2.63. The van der Waals surface area contributed by atoms with Gasteiger partial charge < -0.3 is 0 Å². The molecule has 2 rings (SSSR count). The summed E-state index contributed by atoms with van der Waals surface area (Å²) in [5, 5.41) is 7.24. The molecule has 1 N–H and O–H groups in total. The lowest BCUT2D eigenvalue weighted by Crippen LogP contribution is -2.30. The Balaban J connectivity index is 1.88. The number of amides is 1. The molecule has 1 aromatic heterocycles. The molecule has 5 nitrogen and oxygen atoms in total. The number of hydrogen-bond donors (Lipinski definition) is 1. The van der Waals surface area contributed by atoms with E-state index in [-0.39, 0.29) is 11.8 Å². The predicted molar refractivity (Wildman–Crippen MR) is 51.0 cm³/mol. The summed E-state index contributed by atoms with van der Waals surface area (Å²) in [6, 6.07) is 0. The second-order valence-corrected chi connectivity index (χ2v) is 3.68. The fraction of sp³-hybridized carbons (Fsp3) is 0.667. The molecule has 0 unspecified atom stereocenters. The van der Waals surface area contributed by atoms with Gasteiger partial charge in [0, 0.05) is 5.92 Å². The summed E-state index contributed by atoms with van der Waals surface area (Å²) < 4.78 is 1.50. The zero-order valence-corrected chi connectivity index (χ0v) is 8.02. The Labute approximate surface area is 82.5 Å². The lowest BCUT2D eigenvalue weighted by atomic mass is 9.89. The molecule has 76 valence electrons. The van der Waals surface area contributed by atoms with E-state index in [1.165, 1.54) is 36.6 Å². The molecule has 1 aliphatic rings. The van der Waals surface area contributed by atoms with Gasteiger partial charge >= 0.3 is 0 Å². The highest BCUT2D eigenvalue weighted by atomic mass is 16.2. The topological polar surface area (TPSA) is 59.8 Å². The number of nitrogens with zero attached hydrogens (tertiary/aromatic N) is 3. The Kier molecular flexibility index (Phi) is 2.76. The van der Waals surface area contributed by atoms with Crippen molar-refractivity contribution in [2.75, 3.05) is 5.43 Å². The normalized spacial score (nSPS) is 18.0. The highest BCUT2D eigenvalue weighted by Crippen LogP contribution is 2.23. The first kappa shape index (κ1) is 9.18. The first-order chi connectivity index (χ1) is 6.86. The van der Waals surface area contributed by atoms with Crippen molar-refractivity contribution < 1.29 is 4.79 Å². The van der Waals surface area contributed by atoms with Gasteiger partial charge in [0.05, 0.1) is 0 Å². The molecule has 1 aromatic rings. The second-order valence-electron chi connectivity index (χ2n) is 3.68. The van der Waals surface area contributed by atoms with Crippen molar-refractivity contribution in [3.05, 3.63) is 12.7 Å². The minimum absolute atomic E-state index is 0.0875. The van der Waals surface area contributed by atoms with Crippen LogP contribution in [0.25, 0.3) is 0 Å². The summed E-state index contributed by atoms with van der Waals surface area (Å²) in [6.45, 7) is 0. The lowest BCUT2D eigenvalue weighted by Gasteiger charge is -2.20. The Morgan fingerprint density at radius 3 is 2.50 bits per heavy atom. The van der Waals surface area contributed by atoms with Crippen LogP contribution >= 0.6 is 0 Å². The van der Waals surface area contributed by atoms with Gasteiger partial charge in [0.1, 0.15) is 12.7 Å². The predicted octanol–water partition coefficient (Wildman–Crippen LogP) is 0.928. The third-order valence-electron chi connectivity index (χ3n) is 2.63. The molecule has 0 radical (unpaired) electrons. The molecular formula is C9H14N4O. The van der Waals surface area contributed by atoms with Crippen LogP contribution in [0.5, 0.6) is 0 Å². The second kappa shape index (κ2) is 4.21. The van der Waals surface area contributed by atoms with E-state index < -0.39 is 0 Å². The molecule has 1 amide bonds. The maximum absolute atomic E-state index is 11.7. The van der Waals surface area contributed by atoms with Gasteiger partial charge in [-0.3, -0.25) is 10.2 Å². The summed E-state index contributed by atoms with van der Waals surface area (Å²) in [7, 11) is 0. The molecule has 0 saturated heterocycles. The van der Waals surface area contributed by atoms with Crippen molar-refractivity contribution in [3.63, 3.8) is 0 Å². The molecule has 0 atom stereocenters. The van der Waals surface area contributed by atoms with Crippen molar-refractivity contribution in [1.29, 1.82) is 0 Å². The largest absolute Gasteiger partial charge is 0.273 e. The molecule has 1 heterocycles. The van der Waals surface area contributed by atoms with Crippen LogP contribution in [0.2, 0.25) is 0 Å². The fourth-order valence-corrected chi connectivity index (χ4v) is 1.84. The number of carbonyl (C=O) groups is 1. The maximum atomic E-state index is 11.7. The van der Waals surface area contributed by atoms with E-state index in [1.807, 2.05) is 0 Å². The summed E-state index contributed by atoms with van der Waals surface area (Å²) >= 11 is 0. The van der Waals surface area contributed by atoms with Gasteiger partial charge in [0.15, 0.2) is 0 Å². The summed E-state index contributed by atoms with van der Waals surface area (Å²) in [4.78, 5) is 11.7. The molecule has 0 bridgehead atoms. The van der Waals surface area contributed by atoms with Crippen LogP contribution in [0.3, 0.4) is 0 Å². The van der Waals surface area contributed by atoms with Crippen LogP contribution in [-0.4, -0.2) is 20.8 Å². The molecule has 1 saturated carbocycles. The SMILES string of the molecule is O=C(Nn1cnnc1)C1CCCCC1. The minimum Gasteiger partial charge on any atom is -0.273 e. The van der Waals surface area contributed by atoms with Gasteiger partial charge in [-0.05, 0) is 12.8 Å². The highest BCUT2D eigenvalue weighted by Gasteiger charge is 2.20. The number of aromatic nitrogens is 3. The molecule has 1 fully saturated rings. The van der Waals surface area contributed by atoms with E-state index in [0.29, 0.717) is 0 Å². The molecule has 14 heavy (non-hydrogen) atoms. The smallest absolute Gasteiger partial charge is 0.241 e. The first-order valence-corrected chi connectivity index (χ1v) is 5.02. The summed E-state index contributed by atoms with van der Waals surface area (Å²) in [6.07, 6.45) is 8.58. The lowest BCUT2D eigenvalue weighted by molar-refractivity contribution is -0.121. The zero-order chi connectivity index (χ0) is 9.80. The van der Waals surface area contributed by atoms with E-state index >= 15 is 0 Å². The van der Waals surface area contributed by atoms with E-state index in [9.17, 15) is 4.79 Å². The van der Waals surface area contributed by atoms with Crippen LogP contribution in [0.15, 0.2) is 12.7 Å². The Hall–Kier alpha value is -1.39. The van der Waals surface area contributed by atoms with Crippen molar-refractivity contribution in [3.8, 4) is 0 Å². The Morgan fingerprint density at radius 2 is 1.86 bits per heavy atom. The summed E-state index contributed by atoms with van der Waals surface area (Å²) in [5.41, 5.74) is 2.74. The number of nitrogens with one attached hydrogen (secondary N) is 1. The van der Waals surface area contributed by atoms with Crippen LogP contribution < -0.4 is 5.43 Å². The van der Waals surface area contributed by atoms with Gasteiger partial charge in [0.25, 0.3) is 0 Å². The van der Waals surface area contributed by atoms with Crippen molar-refractivity contribution >= 4 is 5.91 Å². The van der Waals surface area contributed by atoms with E-state index in [1.54, 1.807) is 0 Å². The maximum Gasteiger partial charge on any atom is 0.241 e. The van der Waals surface area contributed by atoms with Gasteiger partial charge in [-0.2, -0.15) is 0 Å². The monoisotopic (exact) mass is 194 g/mol. The first-order valence-electron chi connectivity index (χ1n) is 5.02. The van der Waals surface area contributed by atoms with Gasteiger partial charge in [0.2, 0.25) is 5.91 Å². The van der Waals surface area contributed by atoms with Crippen LogP contribution in [-0.2, 0) is 4.79 Å².